The standard InChI is InChI=1S/C63H100N8O11/c1-12-26-55(75)70(43-73)36-23-18-21-30-54(74)64-41-49-31-33-50(34-32-49)66-62(79)51(39-48-27-19-17-20-28-48)67-61(78)47(8)60(82-11)52-29-25-37-71(52)56(76)40-53(81-10)58(45(6)13-2)68(9)57(77)42-65-63(80)59(46(7)44(4)5)69(14-3)35-22-15-16-24-38-72/h12,17,19-20,26-28,31-34,43-47,51-53,58-60,72H,13-16,18,21-25,29-30,35-42H2,1-11H3,(H,64,74)(H,65,80)(H,66,79)(H,67,78)/b26-12-/t45?,46?,47?,51-,52?,53?,58?,59?,60?/m0/s1. The van der Waals surface area contributed by atoms with E-state index in [0.717, 1.165) is 48.3 Å². The number of ether oxygens (including phenoxy) is 2. The first-order valence-electron chi connectivity index (χ1n) is 29.9. The quantitative estimate of drug-likeness (QED) is 0.0269. The second-order valence-corrected chi connectivity index (χ2v) is 22.3. The largest absolute Gasteiger partial charge is 0.396 e. The van der Waals surface area contributed by atoms with E-state index >= 15 is 0 Å². The van der Waals surface area contributed by atoms with Crippen molar-refractivity contribution >= 4 is 53.4 Å². The highest BCUT2D eigenvalue weighted by atomic mass is 16.5. The van der Waals surface area contributed by atoms with Crippen molar-refractivity contribution in [3.63, 3.8) is 0 Å². The molecule has 19 nitrogen and oxygen atoms in total. The molecule has 8 amide bonds. The number of unbranched alkanes of at least 4 members (excludes halogenated alkanes) is 5. The average molecular weight is 1150 g/mol. The maximum absolute atomic E-state index is 14.5. The first-order chi connectivity index (χ1) is 39.3. The molecule has 0 spiro atoms. The van der Waals surface area contributed by atoms with Gasteiger partial charge in [-0.3, -0.25) is 48.2 Å². The molecule has 8 unspecified atom stereocenters. The summed E-state index contributed by atoms with van der Waals surface area (Å²) in [6.45, 7) is 18.2. The summed E-state index contributed by atoms with van der Waals surface area (Å²) in [7, 11) is 4.76. The van der Waals surface area contributed by atoms with E-state index in [1.807, 2.05) is 51.1 Å². The molecule has 0 aliphatic carbocycles. The van der Waals surface area contributed by atoms with Crippen LogP contribution in [0.25, 0.3) is 0 Å². The van der Waals surface area contributed by atoms with Crippen molar-refractivity contribution in [3.8, 4) is 0 Å². The van der Waals surface area contributed by atoms with Crippen LogP contribution in [0, 0.1) is 23.7 Å². The molecular weight excluding hydrogens is 1040 g/mol. The monoisotopic (exact) mass is 1140 g/mol. The maximum atomic E-state index is 14.5. The van der Waals surface area contributed by atoms with Crippen molar-refractivity contribution in [1.29, 1.82) is 0 Å². The Bertz CT molecular complexity index is 2300. The summed E-state index contributed by atoms with van der Waals surface area (Å²) in [5.74, 6) is -2.67. The molecular formula is C63H100N8O11. The van der Waals surface area contributed by atoms with E-state index in [0.29, 0.717) is 70.1 Å². The van der Waals surface area contributed by atoms with Crippen molar-refractivity contribution < 1.29 is 52.9 Å². The number of carbonyl (C=O) groups is 8. The van der Waals surface area contributed by atoms with Gasteiger partial charge in [0, 0.05) is 66.0 Å². The minimum Gasteiger partial charge on any atom is -0.396 e. The van der Waals surface area contributed by atoms with E-state index in [1.165, 1.54) is 13.2 Å². The summed E-state index contributed by atoms with van der Waals surface area (Å²) in [5.41, 5.74) is 2.15. The van der Waals surface area contributed by atoms with Gasteiger partial charge in [-0.05, 0) is 106 Å². The van der Waals surface area contributed by atoms with Crippen LogP contribution in [0.3, 0.4) is 0 Å². The normalized spacial score (nSPS) is 16.4. The number of imide groups is 1. The summed E-state index contributed by atoms with van der Waals surface area (Å²) in [6, 6.07) is 14.1. The molecule has 0 saturated carbocycles. The van der Waals surface area contributed by atoms with Gasteiger partial charge in [0.2, 0.25) is 41.9 Å². The van der Waals surface area contributed by atoms with Crippen molar-refractivity contribution in [2.24, 2.45) is 23.7 Å². The lowest BCUT2D eigenvalue weighted by Crippen LogP contribution is -2.56. The zero-order valence-corrected chi connectivity index (χ0v) is 51.2. The van der Waals surface area contributed by atoms with E-state index in [2.05, 4.69) is 46.9 Å². The lowest BCUT2D eigenvalue weighted by molar-refractivity contribution is -0.146. The molecule has 1 saturated heterocycles. The Morgan fingerprint density at radius 2 is 1.48 bits per heavy atom. The molecule has 1 heterocycles. The highest BCUT2D eigenvalue weighted by Crippen LogP contribution is 2.30. The molecule has 0 bridgehead atoms. The third-order valence-electron chi connectivity index (χ3n) is 16.3. The molecule has 2 aromatic rings. The Kier molecular flexibility index (Phi) is 32.5. The minimum absolute atomic E-state index is 0.0235. The molecule has 19 heteroatoms. The highest BCUT2D eigenvalue weighted by Gasteiger charge is 2.43. The van der Waals surface area contributed by atoms with E-state index in [9.17, 15) is 43.5 Å². The topological polar surface area (TPSA) is 236 Å². The number of hydrogen-bond acceptors (Lipinski definition) is 12. The Morgan fingerprint density at radius 3 is 2.09 bits per heavy atom. The van der Waals surface area contributed by atoms with Crippen LogP contribution in [0.15, 0.2) is 66.7 Å². The van der Waals surface area contributed by atoms with Crippen LogP contribution in [-0.2, 0) is 60.8 Å². The lowest BCUT2D eigenvalue weighted by Gasteiger charge is -2.39. The summed E-state index contributed by atoms with van der Waals surface area (Å²) >= 11 is 0. The second kappa shape index (κ2) is 38.0. The zero-order chi connectivity index (χ0) is 60.7. The van der Waals surface area contributed by atoms with Crippen molar-refractivity contribution in [2.45, 2.75) is 182 Å². The van der Waals surface area contributed by atoms with Crippen LogP contribution >= 0.6 is 0 Å². The van der Waals surface area contributed by atoms with Gasteiger partial charge in [0.15, 0.2) is 0 Å². The zero-order valence-electron chi connectivity index (χ0n) is 51.2. The van der Waals surface area contributed by atoms with E-state index in [1.54, 1.807) is 68.1 Å². The fraction of sp³-hybridized carbons (Fsp3) is 0.651. The number of hydrogen-bond donors (Lipinski definition) is 5. The minimum atomic E-state index is -0.979. The van der Waals surface area contributed by atoms with E-state index < -0.39 is 54.1 Å². The number of allylic oxidation sites excluding steroid dienone is 1. The van der Waals surface area contributed by atoms with Crippen molar-refractivity contribution in [3.05, 3.63) is 77.9 Å². The molecule has 0 aromatic heterocycles. The number of anilines is 1. The third kappa shape index (κ3) is 22.6. The predicted molar refractivity (Wildman–Crippen MR) is 320 cm³/mol. The first-order valence-corrected chi connectivity index (χ1v) is 29.9. The summed E-state index contributed by atoms with van der Waals surface area (Å²) in [6.07, 6.45) is 9.83. The van der Waals surface area contributed by atoms with Gasteiger partial charge >= 0.3 is 0 Å². The van der Waals surface area contributed by atoms with Crippen LogP contribution in [0.2, 0.25) is 0 Å². The van der Waals surface area contributed by atoms with Crippen LogP contribution in [0.5, 0.6) is 0 Å². The van der Waals surface area contributed by atoms with Gasteiger partial charge in [0.05, 0.1) is 49.2 Å². The number of aliphatic hydroxyl groups is 1. The maximum Gasteiger partial charge on any atom is 0.252 e. The second-order valence-electron chi connectivity index (χ2n) is 22.3. The summed E-state index contributed by atoms with van der Waals surface area (Å²) < 4.78 is 12.1. The molecule has 82 heavy (non-hydrogen) atoms. The van der Waals surface area contributed by atoms with Gasteiger partial charge in [-0.15, -0.1) is 0 Å². The van der Waals surface area contributed by atoms with Gasteiger partial charge in [0.25, 0.3) is 5.91 Å². The predicted octanol–water partition coefficient (Wildman–Crippen LogP) is 6.66. The lowest BCUT2D eigenvalue weighted by atomic mass is 9.88. The molecule has 1 aliphatic rings. The number of methoxy groups -OCH3 is 2. The number of likely N-dealkylation sites (tertiary alicyclic amines) is 1. The third-order valence-corrected chi connectivity index (χ3v) is 16.3. The molecule has 1 fully saturated rings. The fourth-order valence-electron chi connectivity index (χ4n) is 10.9. The summed E-state index contributed by atoms with van der Waals surface area (Å²) in [5, 5.41) is 21.1. The van der Waals surface area contributed by atoms with Gasteiger partial charge in [-0.25, -0.2) is 0 Å². The number of nitrogens with zero attached hydrogens (tertiary/aromatic N) is 4. The Hall–Kier alpha value is -6.02. The number of benzene rings is 2. The molecule has 9 atom stereocenters. The first kappa shape index (κ1) is 70.2. The molecule has 5 N–H and O–H groups in total. The molecule has 2 aromatic carbocycles. The average Bonchev–Trinajstić information content (AvgIpc) is 4.07. The van der Waals surface area contributed by atoms with Gasteiger partial charge in [0.1, 0.15) is 6.04 Å². The van der Waals surface area contributed by atoms with Crippen LogP contribution in [0.4, 0.5) is 5.69 Å². The Morgan fingerprint density at radius 1 is 0.805 bits per heavy atom. The highest BCUT2D eigenvalue weighted by molar-refractivity contribution is 5.98. The molecule has 1 aliphatic heterocycles. The smallest absolute Gasteiger partial charge is 0.252 e. The number of nitrogens with one attached hydrogen (secondary N) is 4. The SMILES string of the molecule is C/C=C\C(=O)N(C=O)CCCCCC(=O)NCc1ccc(NC(=O)[C@H](Cc2ccccc2)NC(=O)C(C)C(OC)C2CCCN2C(=O)CC(OC)C(C(C)CC)N(C)C(=O)CNC(=O)C(C(C)C(C)C)N(CC)CCCCCCO)cc1. The number of aliphatic hydroxyl groups excluding tert-OH is 1. The Balaban J connectivity index is 1.68. The fourth-order valence-corrected chi connectivity index (χ4v) is 10.9. The number of rotatable bonds is 39. The van der Waals surface area contributed by atoms with E-state index in [-0.39, 0.29) is 86.4 Å². The van der Waals surface area contributed by atoms with E-state index in [4.69, 9.17) is 9.47 Å². The number of amides is 8. The number of carbonyl (C=O) groups excluding carboxylic acids is 8. The van der Waals surface area contributed by atoms with Gasteiger partial charge in [-0.2, -0.15) is 0 Å². The van der Waals surface area contributed by atoms with Gasteiger partial charge in [-0.1, -0.05) is 123 Å². The molecule has 3 rings (SSSR count). The van der Waals surface area contributed by atoms with Crippen molar-refractivity contribution in [2.75, 3.05) is 65.9 Å². The van der Waals surface area contributed by atoms with Crippen molar-refractivity contribution in [1.82, 2.24) is 35.6 Å². The molecule has 458 valence electrons. The number of likely N-dealkylation sites (N-methyl/N-ethyl adjacent to an activating group) is 2. The summed E-state index contributed by atoms with van der Waals surface area (Å²) in [4.78, 5) is 114. The Labute approximate surface area is 489 Å². The molecule has 0 radical (unpaired) electrons. The van der Waals surface area contributed by atoms with Crippen LogP contribution < -0.4 is 21.3 Å². The van der Waals surface area contributed by atoms with Crippen LogP contribution in [0.1, 0.15) is 144 Å². The van der Waals surface area contributed by atoms with Gasteiger partial charge < -0.3 is 45.6 Å². The van der Waals surface area contributed by atoms with Crippen LogP contribution in [-0.4, -0.2) is 169 Å².